The predicted octanol–water partition coefficient (Wildman–Crippen LogP) is 1.72. The first kappa shape index (κ1) is 12.5. The van der Waals surface area contributed by atoms with Crippen LogP contribution in [0.3, 0.4) is 0 Å². The molecule has 0 aromatic rings. The molecule has 0 aromatic carbocycles. The quantitative estimate of drug-likeness (QED) is 0.662. The van der Waals surface area contributed by atoms with Gasteiger partial charge in [-0.05, 0) is 6.42 Å². The molecule has 2 bridgehead atoms. The lowest BCUT2D eigenvalue weighted by atomic mass is 9.89. The fraction of sp³-hybridized carbons (Fsp3) is 0.692. The largest absolute Gasteiger partial charge is 0.495 e. The van der Waals surface area contributed by atoms with Crippen molar-refractivity contribution in [3.8, 4) is 0 Å². The molecule has 4 nitrogen and oxygen atoms in total. The maximum absolute atomic E-state index is 5.58. The van der Waals surface area contributed by atoms with Gasteiger partial charge in [0.05, 0.1) is 24.7 Å². The Morgan fingerprint density at radius 1 is 0.824 bits per heavy atom. The molecule has 4 atom stereocenters. The highest BCUT2D eigenvalue weighted by Crippen LogP contribution is 2.50. The second-order valence-corrected chi connectivity index (χ2v) is 4.50. The van der Waals surface area contributed by atoms with Gasteiger partial charge in [0.1, 0.15) is 12.2 Å². The molecule has 0 radical (unpaired) electrons. The van der Waals surface area contributed by atoms with Crippen molar-refractivity contribution in [1.29, 1.82) is 0 Å². The van der Waals surface area contributed by atoms with Gasteiger partial charge in [-0.15, -0.1) is 0 Å². The Kier molecular flexibility index (Phi) is 3.74. The van der Waals surface area contributed by atoms with Crippen LogP contribution in [0.25, 0.3) is 0 Å². The first-order valence-electron chi connectivity index (χ1n) is 5.86. The molecule has 0 saturated heterocycles. The molecular formula is C13H20O4. The van der Waals surface area contributed by atoms with Gasteiger partial charge in [0.15, 0.2) is 0 Å². The minimum absolute atomic E-state index is 0.00106. The summed E-state index contributed by atoms with van der Waals surface area (Å²) in [6.45, 7) is 7.23. The second kappa shape index (κ2) is 5.10. The summed E-state index contributed by atoms with van der Waals surface area (Å²) in [5.41, 5.74) is 0. The molecule has 96 valence electrons. The molecule has 2 fully saturated rings. The Morgan fingerprint density at radius 2 is 1.24 bits per heavy atom. The standard InChI is InChI=1S/C13H20O4/c1-5-16-12-9-7-8(10(12)14-3)11(15-4)13(9)17-6-2/h5-6,8-13H,1-2,7H2,3-4H3. The maximum atomic E-state index is 5.58. The summed E-state index contributed by atoms with van der Waals surface area (Å²) in [6.07, 6.45) is 4.04. The molecule has 0 amide bonds. The lowest BCUT2D eigenvalue weighted by Crippen LogP contribution is -2.50. The molecule has 17 heavy (non-hydrogen) atoms. The topological polar surface area (TPSA) is 36.9 Å². The van der Waals surface area contributed by atoms with Crippen molar-refractivity contribution < 1.29 is 18.9 Å². The number of hydrogen-bond donors (Lipinski definition) is 0. The summed E-state index contributed by atoms with van der Waals surface area (Å²) in [5.74, 6) is 0.579. The van der Waals surface area contributed by atoms with Gasteiger partial charge < -0.3 is 18.9 Å². The van der Waals surface area contributed by atoms with Gasteiger partial charge >= 0.3 is 0 Å². The summed E-state index contributed by atoms with van der Waals surface area (Å²) in [7, 11) is 3.42. The first-order valence-corrected chi connectivity index (χ1v) is 5.86. The van der Waals surface area contributed by atoms with Crippen LogP contribution < -0.4 is 0 Å². The highest BCUT2D eigenvalue weighted by molar-refractivity contribution is 5.10. The van der Waals surface area contributed by atoms with Crippen LogP contribution in [-0.4, -0.2) is 38.6 Å². The minimum Gasteiger partial charge on any atom is -0.495 e. The van der Waals surface area contributed by atoms with E-state index in [1.54, 1.807) is 14.2 Å². The number of hydrogen-bond acceptors (Lipinski definition) is 4. The van der Waals surface area contributed by atoms with Crippen molar-refractivity contribution in [3.05, 3.63) is 25.7 Å². The molecule has 4 heteroatoms. The Balaban J connectivity index is 2.18. The lowest BCUT2D eigenvalue weighted by molar-refractivity contribution is -0.142. The van der Waals surface area contributed by atoms with Crippen LogP contribution in [0, 0.1) is 11.8 Å². The molecule has 4 unspecified atom stereocenters. The third kappa shape index (κ3) is 1.85. The number of methoxy groups -OCH3 is 2. The van der Waals surface area contributed by atoms with Gasteiger partial charge in [0.25, 0.3) is 0 Å². The van der Waals surface area contributed by atoms with Gasteiger partial charge in [0, 0.05) is 26.1 Å². The van der Waals surface area contributed by atoms with Crippen molar-refractivity contribution in [2.24, 2.45) is 11.8 Å². The van der Waals surface area contributed by atoms with E-state index in [2.05, 4.69) is 13.2 Å². The third-order valence-electron chi connectivity index (χ3n) is 3.93. The molecule has 0 N–H and O–H groups in total. The van der Waals surface area contributed by atoms with Crippen molar-refractivity contribution in [2.75, 3.05) is 14.2 Å². The zero-order valence-electron chi connectivity index (χ0n) is 10.4. The summed E-state index contributed by atoms with van der Waals surface area (Å²) >= 11 is 0. The van der Waals surface area contributed by atoms with Crippen LogP contribution in [0.4, 0.5) is 0 Å². The smallest absolute Gasteiger partial charge is 0.131 e. The fourth-order valence-electron chi connectivity index (χ4n) is 3.40. The molecule has 0 aromatic heterocycles. The Morgan fingerprint density at radius 3 is 1.59 bits per heavy atom. The number of fused-ring (bicyclic) bond motifs is 2. The van der Waals surface area contributed by atoms with E-state index < -0.39 is 0 Å². The van der Waals surface area contributed by atoms with Gasteiger partial charge in [0.2, 0.25) is 0 Å². The zero-order valence-corrected chi connectivity index (χ0v) is 10.4. The molecule has 2 rings (SSSR count). The molecule has 0 aliphatic heterocycles. The lowest BCUT2D eigenvalue weighted by Gasteiger charge is -2.38. The molecular weight excluding hydrogens is 220 g/mol. The van der Waals surface area contributed by atoms with Gasteiger partial charge in [-0.3, -0.25) is 0 Å². The van der Waals surface area contributed by atoms with Crippen LogP contribution >= 0.6 is 0 Å². The zero-order chi connectivity index (χ0) is 12.4. The third-order valence-corrected chi connectivity index (χ3v) is 3.93. The molecule has 2 aliphatic carbocycles. The van der Waals surface area contributed by atoms with Crippen LogP contribution in [0.2, 0.25) is 0 Å². The van der Waals surface area contributed by atoms with Crippen molar-refractivity contribution in [3.63, 3.8) is 0 Å². The van der Waals surface area contributed by atoms with Gasteiger partial charge in [-0.1, -0.05) is 13.2 Å². The first-order chi connectivity index (χ1) is 8.28. The maximum Gasteiger partial charge on any atom is 0.131 e. The average Bonchev–Trinajstić information content (AvgIpc) is 2.85. The SMILES string of the molecule is C=COC1C2CC(C1OC)C(OC)C2OC=C. The van der Waals surface area contributed by atoms with E-state index in [0.717, 1.165) is 6.42 Å². The molecule has 0 spiro atoms. The van der Waals surface area contributed by atoms with E-state index in [0.29, 0.717) is 5.92 Å². The number of rotatable bonds is 6. The van der Waals surface area contributed by atoms with E-state index in [-0.39, 0.29) is 30.3 Å². The van der Waals surface area contributed by atoms with Crippen LogP contribution in [0.15, 0.2) is 25.7 Å². The Bertz CT molecular complexity index is 265. The van der Waals surface area contributed by atoms with E-state index in [4.69, 9.17) is 18.9 Å². The average molecular weight is 240 g/mol. The summed E-state index contributed by atoms with van der Waals surface area (Å²) in [5, 5.41) is 0. The Hall–Kier alpha value is -1.00. The van der Waals surface area contributed by atoms with Crippen molar-refractivity contribution >= 4 is 0 Å². The highest BCUT2D eigenvalue weighted by Gasteiger charge is 2.61. The normalized spacial score (nSPS) is 43.4. The summed E-state index contributed by atoms with van der Waals surface area (Å²) in [4.78, 5) is 0. The van der Waals surface area contributed by atoms with Crippen LogP contribution in [0.1, 0.15) is 6.42 Å². The van der Waals surface area contributed by atoms with Gasteiger partial charge in [-0.25, -0.2) is 0 Å². The predicted molar refractivity (Wildman–Crippen MR) is 63.3 cm³/mol. The van der Waals surface area contributed by atoms with E-state index in [9.17, 15) is 0 Å². The minimum atomic E-state index is -0.00106. The van der Waals surface area contributed by atoms with Crippen molar-refractivity contribution in [2.45, 2.75) is 30.8 Å². The van der Waals surface area contributed by atoms with E-state index in [1.807, 2.05) is 0 Å². The fourth-order valence-corrected chi connectivity index (χ4v) is 3.40. The van der Waals surface area contributed by atoms with Crippen LogP contribution in [0.5, 0.6) is 0 Å². The monoisotopic (exact) mass is 240 g/mol. The molecule has 2 saturated carbocycles. The summed E-state index contributed by atoms with van der Waals surface area (Å²) < 4.78 is 22.2. The van der Waals surface area contributed by atoms with Gasteiger partial charge in [-0.2, -0.15) is 0 Å². The van der Waals surface area contributed by atoms with E-state index in [1.165, 1.54) is 12.5 Å². The number of ether oxygens (including phenoxy) is 4. The van der Waals surface area contributed by atoms with Crippen LogP contribution in [-0.2, 0) is 18.9 Å². The van der Waals surface area contributed by atoms with E-state index >= 15 is 0 Å². The summed E-state index contributed by atoms with van der Waals surface area (Å²) in [6, 6.07) is 0. The highest BCUT2D eigenvalue weighted by atomic mass is 16.6. The second-order valence-electron chi connectivity index (χ2n) is 4.50. The van der Waals surface area contributed by atoms with Crippen molar-refractivity contribution in [1.82, 2.24) is 0 Å². The molecule has 2 aliphatic rings. The Labute approximate surface area is 102 Å². The molecule has 0 heterocycles.